The molecule has 0 spiro atoms. The average molecular weight is 495 g/mol. The van der Waals surface area contributed by atoms with Crippen molar-refractivity contribution in [2.45, 2.75) is 32.9 Å². The van der Waals surface area contributed by atoms with Crippen LogP contribution in [0.5, 0.6) is 0 Å². The topological polar surface area (TPSA) is 50.8 Å². The minimum atomic E-state index is -0.0512. The Hall–Kier alpha value is -2.77. The molecule has 1 aliphatic rings. The number of carbonyl (C=O) groups is 1. The molecule has 0 saturated heterocycles. The van der Waals surface area contributed by atoms with Crippen LogP contribution >= 0.6 is 11.3 Å². The van der Waals surface area contributed by atoms with E-state index in [-0.39, 0.29) is 22.9 Å². The van der Waals surface area contributed by atoms with Gasteiger partial charge in [-0.2, -0.15) is 0 Å². The van der Waals surface area contributed by atoms with Gasteiger partial charge in [0.15, 0.2) is 17.4 Å². The molecule has 7 heteroatoms. The highest BCUT2D eigenvalue weighted by molar-refractivity contribution is 7.14. The molecule has 0 radical (unpaired) electrons. The number of amides is 1. The summed E-state index contributed by atoms with van der Waals surface area (Å²) in [6, 6.07) is 18.6. The molecule has 31 heavy (non-hydrogen) atoms. The second-order valence-corrected chi connectivity index (χ2v) is 8.49. The van der Waals surface area contributed by atoms with Gasteiger partial charge < -0.3 is 17.0 Å². The standard InChI is InChI=1S/C24H22N4OS.BrH/c1-17-9-11-19(12-10-17)21-14-27(23-8-5-13-28(21)23)15-22(29)26-24-25-20(16-30-24)18-6-3-2-4-7-18;/h2-4,6-7,9-12,14,16H,5,8,13,15H2,1H3;1H. The molecule has 5 nitrogen and oxygen atoms in total. The Morgan fingerprint density at radius 3 is 2.68 bits per heavy atom. The number of thiazole rings is 1. The van der Waals surface area contributed by atoms with Crippen LogP contribution in [-0.4, -0.2) is 15.5 Å². The maximum atomic E-state index is 12.7. The lowest BCUT2D eigenvalue weighted by atomic mass is 10.1. The van der Waals surface area contributed by atoms with Crippen LogP contribution in [0, 0.1) is 6.92 Å². The molecule has 0 aliphatic carbocycles. The second kappa shape index (κ2) is 9.16. The van der Waals surface area contributed by atoms with Crippen LogP contribution in [0.2, 0.25) is 0 Å². The Kier molecular flexibility index (Phi) is 6.34. The number of aryl methyl sites for hydroxylation is 1. The zero-order valence-electron chi connectivity index (χ0n) is 17.2. The van der Waals surface area contributed by atoms with E-state index in [2.05, 4.69) is 56.8 Å². The highest BCUT2D eigenvalue weighted by Crippen LogP contribution is 2.26. The van der Waals surface area contributed by atoms with E-state index in [1.807, 2.05) is 35.7 Å². The van der Waals surface area contributed by atoms with E-state index in [1.165, 1.54) is 34.0 Å². The van der Waals surface area contributed by atoms with Crippen molar-refractivity contribution in [2.75, 3.05) is 5.32 Å². The summed E-state index contributed by atoms with van der Waals surface area (Å²) >= 11 is 1.45. The third-order valence-corrected chi connectivity index (χ3v) is 6.23. The van der Waals surface area contributed by atoms with Gasteiger partial charge in [0.2, 0.25) is 0 Å². The minimum absolute atomic E-state index is 0. The Bertz CT molecular complexity index is 1200. The van der Waals surface area contributed by atoms with Crippen LogP contribution in [0.1, 0.15) is 17.8 Å². The van der Waals surface area contributed by atoms with Gasteiger partial charge in [-0.25, -0.2) is 14.1 Å². The van der Waals surface area contributed by atoms with Crippen LogP contribution in [0.25, 0.3) is 22.5 Å². The molecule has 3 heterocycles. The molecule has 1 amide bonds. The molecule has 2 aromatic heterocycles. The largest absolute Gasteiger partial charge is 1.00 e. The first-order valence-corrected chi connectivity index (χ1v) is 11.0. The van der Waals surface area contributed by atoms with Crippen molar-refractivity contribution in [3.8, 4) is 22.5 Å². The van der Waals surface area contributed by atoms with Gasteiger partial charge in [0.1, 0.15) is 6.20 Å². The fourth-order valence-corrected chi connectivity index (χ4v) is 4.72. The molecule has 0 unspecified atom stereocenters. The SMILES string of the molecule is Cc1ccc(-c2c[n+](CC(=O)Nc3nc(-c4ccccc4)cs3)c3n2CCC3)cc1.[Br-]. The van der Waals surface area contributed by atoms with Gasteiger partial charge in [-0.1, -0.05) is 60.2 Å². The Morgan fingerprint density at radius 2 is 1.90 bits per heavy atom. The molecule has 5 rings (SSSR count). The van der Waals surface area contributed by atoms with Crippen molar-refractivity contribution in [1.29, 1.82) is 0 Å². The van der Waals surface area contributed by atoms with Crippen molar-refractivity contribution in [2.24, 2.45) is 0 Å². The van der Waals surface area contributed by atoms with E-state index < -0.39 is 0 Å². The smallest absolute Gasteiger partial charge is 0.268 e. The summed E-state index contributed by atoms with van der Waals surface area (Å²) in [7, 11) is 0. The maximum absolute atomic E-state index is 12.7. The molecule has 1 N–H and O–H groups in total. The number of anilines is 1. The summed E-state index contributed by atoms with van der Waals surface area (Å²) in [5.41, 5.74) is 5.55. The van der Waals surface area contributed by atoms with Crippen LogP contribution in [0.4, 0.5) is 5.13 Å². The molecule has 1 aliphatic heterocycles. The Morgan fingerprint density at radius 1 is 1.13 bits per heavy atom. The maximum Gasteiger partial charge on any atom is 0.268 e. The normalized spacial score (nSPS) is 12.3. The molecule has 0 bridgehead atoms. The van der Waals surface area contributed by atoms with Gasteiger partial charge in [-0.15, -0.1) is 11.3 Å². The molecular formula is C24H23BrN4OS. The molecule has 4 aromatic rings. The highest BCUT2D eigenvalue weighted by Gasteiger charge is 2.29. The average Bonchev–Trinajstić information content (AvgIpc) is 3.48. The number of fused-ring (bicyclic) bond motifs is 1. The van der Waals surface area contributed by atoms with Crippen LogP contribution < -0.4 is 26.9 Å². The monoisotopic (exact) mass is 494 g/mol. The van der Waals surface area contributed by atoms with Crippen molar-refractivity contribution < 1.29 is 26.3 Å². The molecule has 0 fully saturated rings. The zero-order valence-corrected chi connectivity index (χ0v) is 19.6. The summed E-state index contributed by atoms with van der Waals surface area (Å²) in [6.45, 7) is 3.39. The number of benzene rings is 2. The number of rotatable bonds is 5. The molecule has 0 saturated carbocycles. The number of nitrogens with one attached hydrogen (secondary N) is 1. The van der Waals surface area contributed by atoms with E-state index in [0.29, 0.717) is 11.7 Å². The summed E-state index contributed by atoms with van der Waals surface area (Å²) in [6.07, 6.45) is 4.22. The quantitative estimate of drug-likeness (QED) is 0.427. The van der Waals surface area contributed by atoms with E-state index in [9.17, 15) is 4.79 Å². The van der Waals surface area contributed by atoms with Gasteiger partial charge in [-0.3, -0.25) is 10.1 Å². The number of hydrogen-bond acceptors (Lipinski definition) is 3. The lowest BCUT2D eigenvalue weighted by molar-refractivity contribution is -0.690. The molecule has 2 aromatic carbocycles. The molecular weight excluding hydrogens is 472 g/mol. The number of imidazole rings is 1. The Balaban J connectivity index is 0.00000231. The van der Waals surface area contributed by atoms with E-state index in [0.717, 1.165) is 30.6 Å². The van der Waals surface area contributed by atoms with Gasteiger partial charge in [-0.05, 0) is 13.3 Å². The first-order valence-electron chi connectivity index (χ1n) is 10.2. The lowest BCUT2D eigenvalue weighted by Gasteiger charge is -2.00. The van der Waals surface area contributed by atoms with E-state index in [1.54, 1.807) is 0 Å². The van der Waals surface area contributed by atoms with Gasteiger partial charge in [0.05, 0.1) is 18.7 Å². The van der Waals surface area contributed by atoms with Crippen LogP contribution in [0.15, 0.2) is 66.2 Å². The van der Waals surface area contributed by atoms with Crippen molar-refractivity contribution in [3.05, 3.63) is 77.6 Å². The van der Waals surface area contributed by atoms with Gasteiger partial charge in [0.25, 0.3) is 11.7 Å². The summed E-state index contributed by atoms with van der Waals surface area (Å²) < 4.78 is 4.43. The Labute approximate surface area is 196 Å². The minimum Gasteiger partial charge on any atom is -1.00 e. The molecule has 158 valence electrons. The van der Waals surface area contributed by atoms with E-state index in [4.69, 9.17) is 0 Å². The van der Waals surface area contributed by atoms with Crippen molar-refractivity contribution >= 4 is 22.4 Å². The summed E-state index contributed by atoms with van der Waals surface area (Å²) in [4.78, 5) is 17.3. The lowest BCUT2D eigenvalue weighted by Crippen LogP contribution is -3.00. The van der Waals surface area contributed by atoms with Crippen molar-refractivity contribution in [1.82, 2.24) is 9.55 Å². The van der Waals surface area contributed by atoms with Gasteiger partial charge in [0, 0.05) is 16.5 Å². The molecule has 0 atom stereocenters. The van der Waals surface area contributed by atoms with E-state index >= 15 is 0 Å². The third kappa shape index (κ3) is 4.48. The first kappa shape index (κ1) is 21.5. The number of carbonyl (C=O) groups excluding carboxylic acids is 1. The fraction of sp³-hybridized carbons (Fsp3) is 0.208. The first-order chi connectivity index (χ1) is 14.7. The summed E-state index contributed by atoms with van der Waals surface area (Å²) in [5.74, 6) is 1.16. The fourth-order valence-electron chi connectivity index (χ4n) is 3.99. The highest BCUT2D eigenvalue weighted by atomic mass is 79.9. The number of halogens is 1. The predicted molar refractivity (Wildman–Crippen MR) is 119 cm³/mol. The van der Waals surface area contributed by atoms with Crippen LogP contribution in [-0.2, 0) is 24.3 Å². The zero-order chi connectivity index (χ0) is 20.5. The number of nitrogens with zero attached hydrogens (tertiary/aromatic N) is 3. The second-order valence-electron chi connectivity index (χ2n) is 7.63. The van der Waals surface area contributed by atoms with Crippen LogP contribution in [0.3, 0.4) is 0 Å². The number of hydrogen-bond donors (Lipinski definition) is 1. The van der Waals surface area contributed by atoms with Gasteiger partial charge >= 0.3 is 0 Å². The number of aromatic nitrogens is 3. The third-order valence-electron chi connectivity index (χ3n) is 5.48. The predicted octanol–water partition coefficient (Wildman–Crippen LogP) is 1.46. The van der Waals surface area contributed by atoms with Crippen molar-refractivity contribution in [3.63, 3.8) is 0 Å². The summed E-state index contributed by atoms with van der Waals surface area (Å²) in [5, 5.41) is 5.58.